The van der Waals surface area contributed by atoms with Crippen LogP contribution in [0, 0.1) is 13.8 Å². The van der Waals surface area contributed by atoms with Crippen molar-refractivity contribution in [2.45, 2.75) is 39.8 Å². The summed E-state index contributed by atoms with van der Waals surface area (Å²) in [5.41, 5.74) is 3.00. The molecular formula is C23H27N3O4. The molecule has 0 saturated heterocycles. The first kappa shape index (κ1) is 21.4. The molecule has 30 heavy (non-hydrogen) atoms. The molecular weight excluding hydrogens is 382 g/mol. The Balaban J connectivity index is 1.66. The summed E-state index contributed by atoms with van der Waals surface area (Å²) >= 11 is 0. The minimum atomic E-state index is -0.583. The predicted molar refractivity (Wildman–Crippen MR) is 113 cm³/mol. The number of benzene rings is 2. The molecule has 0 aliphatic heterocycles. The van der Waals surface area contributed by atoms with Gasteiger partial charge in [-0.05, 0) is 67.8 Å². The number of carbonyl (C=O) groups is 1. The van der Waals surface area contributed by atoms with E-state index in [1.165, 1.54) is 0 Å². The van der Waals surface area contributed by atoms with E-state index >= 15 is 0 Å². The average molecular weight is 409 g/mol. The lowest BCUT2D eigenvalue weighted by Crippen LogP contribution is -2.39. The Morgan fingerprint density at radius 2 is 1.77 bits per heavy atom. The van der Waals surface area contributed by atoms with Crippen LogP contribution in [0.25, 0.3) is 11.4 Å². The third kappa shape index (κ3) is 5.17. The fraction of sp³-hybridized carbons (Fsp3) is 0.348. The lowest BCUT2D eigenvalue weighted by molar-refractivity contribution is -0.138. The second kappa shape index (κ2) is 9.43. The molecule has 3 aromatic rings. The Hall–Kier alpha value is -3.35. The van der Waals surface area contributed by atoms with E-state index < -0.39 is 6.10 Å². The maximum absolute atomic E-state index is 12.9. The zero-order valence-electron chi connectivity index (χ0n) is 18.0. The number of hydrogen-bond acceptors (Lipinski definition) is 6. The minimum Gasteiger partial charge on any atom is -0.497 e. The van der Waals surface area contributed by atoms with E-state index in [4.69, 9.17) is 14.0 Å². The molecule has 0 spiro atoms. The first-order valence-electron chi connectivity index (χ1n) is 9.86. The van der Waals surface area contributed by atoms with E-state index in [2.05, 4.69) is 16.2 Å². The maximum atomic E-state index is 12.9. The summed E-state index contributed by atoms with van der Waals surface area (Å²) in [6.07, 6.45) is -0.0305. The van der Waals surface area contributed by atoms with E-state index in [9.17, 15) is 4.79 Å². The van der Waals surface area contributed by atoms with Crippen molar-refractivity contribution in [3.8, 4) is 22.9 Å². The summed E-state index contributed by atoms with van der Waals surface area (Å²) < 4.78 is 16.5. The highest BCUT2D eigenvalue weighted by atomic mass is 16.5. The van der Waals surface area contributed by atoms with Crippen LogP contribution in [0.4, 0.5) is 0 Å². The molecule has 0 fully saturated rings. The highest BCUT2D eigenvalue weighted by Crippen LogP contribution is 2.21. The predicted octanol–water partition coefficient (Wildman–Crippen LogP) is 4.18. The van der Waals surface area contributed by atoms with Gasteiger partial charge in [-0.3, -0.25) is 4.79 Å². The number of methoxy groups -OCH3 is 1. The van der Waals surface area contributed by atoms with Gasteiger partial charge in [0.2, 0.25) is 11.7 Å². The van der Waals surface area contributed by atoms with Crippen LogP contribution in [0.1, 0.15) is 30.4 Å². The summed E-state index contributed by atoms with van der Waals surface area (Å²) in [6, 6.07) is 13.3. The Morgan fingerprint density at radius 3 is 2.37 bits per heavy atom. The molecule has 158 valence electrons. The van der Waals surface area contributed by atoms with Gasteiger partial charge in [0.25, 0.3) is 5.91 Å². The van der Waals surface area contributed by atoms with Crippen molar-refractivity contribution in [1.82, 2.24) is 15.0 Å². The zero-order valence-corrected chi connectivity index (χ0v) is 18.0. The van der Waals surface area contributed by atoms with Crippen molar-refractivity contribution in [1.29, 1.82) is 0 Å². The minimum absolute atomic E-state index is 0.138. The van der Waals surface area contributed by atoms with Crippen LogP contribution in [0.15, 0.2) is 47.0 Å². The lowest BCUT2D eigenvalue weighted by atomic mass is 10.1. The van der Waals surface area contributed by atoms with E-state index in [1.807, 2.05) is 57.2 Å². The zero-order chi connectivity index (χ0) is 21.7. The number of aryl methyl sites for hydroxylation is 2. The fourth-order valence-electron chi connectivity index (χ4n) is 3.18. The van der Waals surface area contributed by atoms with Crippen LogP contribution < -0.4 is 9.47 Å². The molecule has 1 heterocycles. The fourth-order valence-corrected chi connectivity index (χ4v) is 3.18. The van der Waals surface area contributed by atoms with Gasteiger partial charge in [-0.25, -0.2) is 0 Å². The molecule has 0 bridgehead atoms. The molecule has 0 N–H and O–H groups in total. The first-order valence-corrected chi connectivity index (χ1v) is 9.86. The van der Waals surface area contributed by atoms with Crippen LogP contribution >= 0.6 is 0 Å². The smallest absolute Gasteiger partial charge is 0.263 e. The second-order valence-electron chi connectivity index (χ2n) is 7.27. The molecule has 0 saturated carbocycles. The monoisotopic (exact) mass is 409 g/mol. The summed E-state index contributed by atoms with van der Waals surface area (Å²) in [5.74, 6) is 2.13. The third-order valence-corrected chi connectivity index (χ3v) is 4.68. The van der Waals surface area contributed by atoms with Gasteiger partial charge in [-0.2, -0.15) is 4.98 Å². The molecule has 1 atom stereocenters. The number of hydrogen-bond donors (Lipinski definition) is 0. The number of amides is 1. The molecule has 7 heteroatoms. The highest BCUT2D eigenvalue weighted by molar-refractivity contribution is 5.81. The summed E-state index contributed by atoms with van der Waals surface area (Å²) in [4.78, 5) is 18.8. The van der Waals surface area contributed by atoms with Crippen LogP contribution in [0.2, 0.25) is 0 Å². The summed E-state index contributed by atoms with van der Waals surface area (Å²) in [7, 11) is 3.31. The van der Waals surface area contributed by atoms with Gasteiger partial charge in [0.15, 0.2) is 6.10 Å². The van der Waals surface area contributed by atoms with Crippen molar-refractivity contribution in [2.75, 3.05) is 14.2 Å². The van der Waals surface area contributed by atoms with Gasteiger partial charge in [0.05, 0.1) is 13.7 Å². The van der Waals surface area contributed by atoms with E-state index in [0.717, 1.165) is 22.4 Å². The topological polar surface area (TPSA) is 77.7 Å². The van der Waals surface area contributed by atoms with Gasteiger partial charge >= 0.3 is 0 Å². The Kier molecular flexibility index (Phi) is 6.72. The molecule has 7 nitrogen and oxygen atoms in total. The van der Waals surface area contributed by atoms with Crippen molar-refractivity contribution in [3.05, 3.63) is 59.5 Å². The lowest BCUT2D eigenvalue weighted by Gasteiger charge is -2.23. The maximum Gasteiger partial charge on any atom is 0.263 e. The molecule has 1 aromatic heterocycles. The van der Waals surface area contributed by atoms with Crippen LogP contribution in [0.3, 0.4) is 0 Å². The molecule has 2 aromatic carbocycles. The van der Waals surface area contributed by atoms with E-state index in [0.29, 0.717) is 23.9 Å². The van der Waals surface area contributed by atoms with Crippen LogP contribution in [-0.4, -0.2) is 41.2 Å². The molecule has 1 unspecified atom stereocenters. The summed E-state index contributed by atoms with van der Waals surface area (Å²) in [6.45, 7) is 6.14. The Labute approximate surface area is 176 Å². The number of aromatic nitrogens is 2. The normalized spacial score (nSPS) is 11.8. The van der Waals surface area contributed by atoms with Gasteiger partial charge in [0, 0.05) is 12.6 Å². The number of likely N-dealkylation sites (N-methyl/N-ethyl adjacent to an activating group) is 1. The molecule has 0 radical (unpaired) electrons. The Bertz CT molecular complexity index is 978. The van der Waals surface area contributed by atoms with Gasteiger partial charge < -0.3 is 18.9 Å². The number of ether oxygens (including phenoxy) is 2. The average Bonchev–Trinajstić information content (AvgIpc) is 3.19. The highest BCUT2D eigenvalue weighted by Gasteiger charge is 2.24. The Morgan fingerprint density at radius 1 is 1.10 bits per heavy atom. The largest absolute Gasteiger partial charge is 0.497 e. The molecule has 0 aliphatic carbocycles. The van der Waals surface area contributed by atoms with Crippen molar-refractivity contribution in [3.63, 3.8) is 0 Å². The van der Waals surface area contributed by atoms with E-state index in [-0.39, 0.29) is 12.5 Å². The molecule has 1 amide bonds. The first-order chi connectivity index (χ1) is 14.4. The van der Waals surface area contributed by atoms with E-state index in [1.54, 1.807) is 19.1 Å². The third-order valence-electron chi connectivity index (χ3n) is 4.68. The molecule has 3 rings (SSSR count). The standard InChI is InChI=1S/C23H27N3O4/c1-6-20(29-19-12-15(2)11-16(3)13-19)23(27)26(4)14-21-24-22(25-30-21)17-7-9-18(28-5)10-8-17/h7-13,20H,6,14H2,1-5H3. The van der Waals surface area contributed by atoms with Crippen molar-refractivity contribution < 1.29 is 18.8 Å². The second-order valence-corrected chi connectivity index (χ2v) is 7.27. The number of carbonyl (C=O) groups excluding carboxylic acids is 1. The van der Waals surface area contributed by atoms with Crippen molar-refractivity contribution in [2.24, 2.45) is 0 Å². The SMILES string of the molecule is CCC(Oc1cc(C)cc(C)c1)C(=O)N(C)Cc1nc(-c2ccc(OC)cc2)no1. The number of nitrogens with zero attached hydrogens (tertiary/aromatic N) is 3. The van der Waals surface area contributed by atoms with Crippen molar-refractivity contribution >= 4 is 5.91 Å². The quantitative estimate of drug-likeness (QED) is 0.555. The number of rotatable bonds is 8. The summed E-state index contributed by atoms with van der Waals surface area (Å²) in [5, 5.41) is 4.01. The van der Waals surface area contributed by atoms with Gasteiger partial charge in [-0.15, -0.1) is 0 Å². The van der Waals surface area contributed by atoms with Gasteiger partial charge in [-0.1, -0.05) is 18.1 Å². The van der Waals surface area contributed by atoms with Gasteiger partial charge in [0.1, 0.15) is 11.5 Å². The van der Waals surface area contributed by atoms with Crippen LogP contribution in [-0.2, 0) is 11.3 Å². The van der Waals surface area contributed by atoms with Crippen LogP contribution in [0.5, 0.6) is 11.5 Å². The molecule has 0 aliphatic rings.